The second kappa shape index (κ2) is 4.73. The average molecular weight is 326 g/mol. The molecule has 0 unspecified atom stereocenters. The summed E-state index contributed by atoms with van der Waals surface area (Å²) in [6.07, 6.45) is 0. The van der Waals surface area contributed by atoms with Crippen LogP contribution >= 0.6 is 34.5 Å². The van der Waals surface area contributed by atoms with E-state index in [-0.39, 0.29) is 15.0 Å². The van der Waals surface area contributed by atoms with Gasteiger partial charge in [-0.25, -0.2) is 8.42 Å². The van der Waals surface area contributed by atoms with Crippen LogP contribution in [0.15, 0.2) is 11.0 Å². The average Bonchev–Trinajstić information content (AvgIpc) is 2.75. The van der Waals surface area contributed by atoms with Crippen LogP contribution in [0.25, 0.3) is 0 Å². The van der Waals surface area contributed by atoms with Gasteiger partial charge in [-0.15, -0.1) is 11.3 Å². The largest absolute Gasteiger partial charge is 0.280 e. The number of thiophene rings is 1. The Morgan fingerprint density at radius 2 is 2.06 bits per heavy atom. The van der Waals surface area contributed by atoms with Gasteiger partial charge in [0, 0.05) is 11.3 Å². The predicted molar refractivity (Wildman–Crippen MR) is 73.2 cm³/mol. The number of sulfonamides is 1. The molecule has 0 fully saturated rings. The Kier molecular flexibility index (Phi) is 3.59. The zero-order valence-corrected chi connectivity index (χ0v) is 12.6. The number of anilines is 1. The van der Waals surface area contributed by atoms with Gasteiger partial charge in [-0.05, 0) is 19.9 Å². The van der Waals surface area contributed by atoms with Gasteiger partial charge >= 0.3 is 0 Å². The second-order valence-electron chi connectivity index (χ2n) is 3.62. The minimum Gasteiger partial charge on any atom is -0.280 e. The molecule has 0 radical (unpaired) electrons. The van der Waals surface area contributed by atoms with Crippen molar-refractivity contribution >= 4 is 50.4 Å². The minimum absolute atomic E-state index is 0.0424. The molecule has 2 rings (SSSR count). The Morgan fingerprint density at radius 3 is 2.50 bits per heavy atom. The van der Waals surface area contributed by atoms with Gasteiger partial charge in [0.1, 0.15) is 9.23 Å². The maximum atomic E-state index is 12.1. The number of rotatable bonds is 3. The second-order valence-corrected chi connectivity index (χ2v) is 7.55. The van der Waals surface area contributed by atoms with E-state index in [1.54, 1.807) is 13.8 Å². The third-order valence-corrected chi connectivity index (χ3v) is 5.49. The van der Waals surface area contributed by atoms with Crippen molar-refractivity contribution < 1.29 is 8.42 Å². The fourth-order valence-electron chi connectivity index (χ4n) is 1.28. The smallest absolute Gasteiger partial charge is 0.265 e. The summed E-state index contributed by atoms with van der Waals surface area (Å²) < 4.78 is 27.0. The van der Waals surface area contributed by atoms with Crippen LogP contribution in [-0.2, 0) is 10.0 Å². The molecule has 0 amide bonds. The van der Waals surface area contributed by atoms with E-state index in [2.05, 4.69) is 14.9 Å². The van der Waals surface area contributed by atoms with Crippen molar-refractivity contribution in [3.63, 3.8) is 0 Å². The lowest BCUT2D eigenvalue weighted by Gasteiger charge is -2.04. The number of H-pyrrole nitrogens is 1. The lowest BCUT2D eigenvalue weighted by molar-refractivity contribution is 0.601. The van der Waals surface area contributed by atoms with E-state index < -0.39 is 10.0 Å². The van der Waals surface area contributed by atoms with Crippen molar-refractivity contribution in [1.82, 2.24) is 10.2 Å². The third-order valence-electron chi connectivity index (χ3n) is 2.40. The molecule has 18 heavy (non-hydrogen) atoms. The highest BCUT2D eigenvalue weighted by atomic mass is 35.5. The van der Waals surface area contributed by atoms with Crippen molar-refractivity contribution in [2.24, 2.45) is 0 Å². The molecule has 0 aliphatic rings. The van der Waals surface area contributed by atoms with Crippen LogP contribution < -0.4 is 4.72 Å². The highest BCUT2D eigenvalue weighted by molar-refractivity contribution is 7.93. The Morgan fingerprint density at radius 1 is 1.39 bits per heavy atom. The molecule has 2 N–H and O–H groups in total. The molecule has 0 saturated heterocycles. The van der Waals surface area contributed by atoms with Gasteiger partial charge in [0.2, 0.25) is 0 Å². The first-order valence-electron chi connectivity index (χ1n) is 4.80. The third kappa shape index (κ3) is 2.49. The summed E-state index contributed by atoms with van der Waals surface area (Å²) in [5.74, 6) is 0.255. The molecular weight excluding hydrogens is 317 g/mol. The summed E-state index contributed by atoms with van der Waals surface area (Å²) in [5, 5.41) is 6.57. The zero-order chi connectivity index (χ0) is 13.5. The number of hydrogen-bond acceptors (Lipinski definition) is 4. The first kappa shape index (κ1) is 13.7. The summed E-state index contributed by atoms with van der Waals surface area (Å²) in [5.41, 5.74) is 1.53. The summed E-state index contributed by atoms with van der Waals surface area (Å²) in [6, 6.07) is 1.31. The quantitative estimate of drug-likeness (QED) is 0.909. The molecule has 5 nitrogen and oxygen atoms in total. The molecule has 2 aromatic rings. The zero-order valence-electron chi connectivity index (χ0n) is 9.41. The topological polar surface area (TPSA) is 74.8 Å². The molecular formula is C9H9Cl2N3O2S2. The molecule has 98 valence electrons. The van der Waals surface area contributed by atoms with Gasteiger partial charge in [-0.3, -0.25) is 9.82 Å². The Hall–Kier alpha value is -0.760. The molecule has 0 saturated carbocycles. The lowest BCUT2D eigenvalue weighted by atomic mass is 10.3. The molecule has 2 heterocycles. The molecule has 0 spiro atoms. The van der Waals surface area contributed by atoms with Crippen molar-refractivity contribution in [3.8, 4) is 0 Å². The number of aryl methyl sites for hydroxylation is 1. The number of nitrogens with one attached hydrogen (secondary N) is 2. The highest BCUT2D eigenvalue weighted by Crippen LogP contribution is 2.35. The summed E-state index contributed by atoms with van der Waals surface area (Å²) in [4.78, 5) is -0.0424. The SMILES string of the molecule is Cc1[nH]nc(NS(=O)(=O)c2cc(Cl)sc2Cl)c1C. The van der Waals surface area contributed by atoms with Crippen molar-refractivity contribution in [1.29, 1.82) is 0 Å². The fraction of sp³-hybridized carbons (Fsp3) is 0.222. The van der Waals surface area contributed by atoms with E-state index in [4.69, 9.17) is 23.2 Å². The molecule has 0 aliphatic carbocycles. The van der Waals surface area contributed by atoms with Crippen LogP contribution in [-0.4, -0.2) is 18.6 Å². The van der Waals surface area contributed by atoms with E-state index in [0.29, 0.717) is 4.34 Å². The maximum absolute atomic E-state index is 12.1. The van der Waals surface area contributed by atoms with Crippen LogP contribution in [0.3, 0.4) is 0 Å². The highest BCUT2D eigenvalue weighted by Gasteiger charge is 2.23. The normalized spacial score (nSPS) is 11.8. The van der Waals surface area contributed by atoms with E-state index in [1.165, 1.54) is 6.07 Å². The predicted octanol–water partition coefficient (Wildman–Crippen LogP) is 3.20. The van der Waals surface area contributed by atoms with Crippen molar-refractivity contribution in [2.75, 3.05) is 4.72 Å². The van der Waals surface area contributed by atoms with Crippen molar-refractivity contribution in [2.45, 2.75) is 18.7 Å². The van der Waals surface area contributed by atoms with Gasteiger partial charge in [0.25, 0.3) is 10.0 Å². The lowest BCUT2D eigenvalue weighted by Crippen LogP contribution is -2.13. The molecule has 0 aliphatic heterocycles. The molecule has 2 aromatic heterocycles. The van der Waals surface area contributed by atoms with Gasteiger partial charge in [0.05, 0.1) is 4.34 Å². The number of hydrogen-bond donors (Lipinski definition) is 2. The fourth-order valence-corrected chi connectivity index (χ4v) is 4.49. The van der Waals surface area contributed by atoms with Crippen molar-refractivity contribution in [3.05, 3.63) is 26.0 Å². The number of aromatic amines is 1. The Labute approximate surface area is 118 Å². The number of aromatic nitrogens is 2. The van der Waals surface area contributed by atoms with Gasteiger partial charge in [-0.2, -0.15) is 5.10 Å². The van der Waals surface area contributed by atoms with Gasteiger partial charge < -0.3 is 0 Å². The number of halogens is 2. The standard InChI is InChI=1S/C9H9Cl2N3O2S2/c1-4-5(2)12-13-9(4)14-18(15,16)6-3-7(10)17-8(6)11/h3H,1-2H3,(H2,12,13,14). The van der Waals surface area contributed by atoms with Crippen LogP contribution in [0, 0.1) is 13.8 Å². The van der Waals surface area contributed by atoms with Crippen LogP contribution in [0.2, 0.25) is 8.67 Å². The van der Waals surface area contributed by atoms with E-state index in [1.807, 2.05) is 0 Å². The van der Waals surface area contributed by atoms with E-state index in [0.717, 1.165) is 22.6 Å². The summed E-state index contributed by atoms with van der Waals surface area (Å²) >= 11 is 12.6. The maximum Gasteiger partial charge on any atom is 0.265 e. The first-order valence-corrected chi connectivity index (χ1v) is 7.86. The van der Waals surface area contributed by atoms with E-state index >= 15 is 0 Å². The Balaban J connectivity index is 2.39. The number of nitrogens with zero attached hydrogens (tertiary/aromatic N) is 1. The summed E-state index contributed by atoms with van der Waals surface area (Å²) in [6.45, 7) is 3.56. The molecule has 0 aromatic carbocycles. The summed E-state index contributed by atoms with van der Waals surface area (Å²) in [7, 11) is -3.77. The molecule has 9 heteroatoms. The minimum atomic E-state index is -3.77. The van der Waals surface area contributed by atoms with Gasteiger partial charge in [-0.1, -0.05) is 23.2 Å². The van der Waals surface area contributed by atoms with E-state index in [9.17, 15) is 8.42 Å². The monoisotopic (exact) mass is 325 g/mol. The molecule has 0 bridgehead atoms. The van der Waals surface area contributed by atoms with Crippen LogP contribution in [0.1, 0.15) is 11.3 Å². The van der Waals surface area contributed by atoms with Crippen LogP contribution in [0.5, 0.6) is 0 Å². The Bertz CT molecular complexity index is 691. The first-order chi connectivity index (χ1) is 8.31. The molecule has 0 atom stereocenters. The van der Waals surface area contributed by atoms with Gasteiger partial charge in [0.15, 0.2) is 5.82 Å². The van der Waals surface area contributed by atoms with Crippen LogP contribution in [0.4, 0.5) is 5.82 Å².